The van der Waals surface area contributed by atoms with E-state index in [9.17, 15) is 19.5 Å². The molecule has 32 heavy (non-hydrogen) atoms. The lowest BCUT2D eigenvalue weighted by molar-refractivity contribution is -0.115. The molecule has 3 rings (SSSR count). The third-order valence-electron chi connectivity index (χ3n) is 4.55. The molecule has 0 aliphatic heterocycles. The molecule has 3 aromatic rings. The van der Waals surface area contributed by atoms with E-state index in [2.05, 4.69) is 10.6 Å². The van der Waals surface area contributed by atoms with Crippen LogP contribution in [-0.2, 0) is 4.79 Å². The van der Waals surface area contributed by atoms with Crippen LogP contribution in [0.5, 0.6) is 0 Å². The van der Waals surface area contributed by atoms with Crippen LogP contribution in [0.25, 0.3) is 0 Å². The first-order valence-corrected chi connectivity index (χ1v) is 11.1. The number of carbonyl (C=O) groups is 3. The van der Waals surface area contributed by atoms with Crippen molar-refractivity contribution >= 4 is 52.5 Å². The number of carboxylic acid groups (broad SMARTS) is 1. The second-order valence-electron chi connectivity index (χ2n) is 6.84. The zero-order chi connectivity index (χ0) is 23.1. The predicted molar refractivity (Wildman–Crippen MR) is 128 cm³/mol. The number of benzene rings is 3. The number of carbonyl (C=O) groups excluding carboxylic acids is 2. The van der Waals surface area contributed by atoms with Gasteiger partial charge < -0.3 is 15.7 Å². The smallest absolute Gasteiger partial charge is 0.336 e. The molecule has 8 heteroatoms. The summed E-state index contributed by atoms with van der Waals surface area (Å²) in [6.07, 6.45) is 0.604. The highest BCUT2D eigenvalue weighted by atomic mass is 35.5. The van der Waals surface area contributed by atoms with Gasteiger partial charge >= 0.3 is 5.97 Å². The van der Waals surface area contributed by atoms with E-state index >= 15 is 0 Å². The van der Waals surface area contributed by atoms with Gasteiger partial charge in [-0.15, -0.1) is 11.8 Å². The van der Waals surface area contributed by atoms with Gasteiger partial charge in [0, 0.05) is 21.3 Å². The Bertz CT molecular complexity index is 1130. The Morgan fingerprint density at radius 1 is 0.906 bits per heavy atom. The van der Waals surface area contributed by atoms with E-state index in [0.717, 1.165) is 4.90 Å². The number of nitrogens with one attached hydrogen (secondary N) is 2. The summed E-state index contributed by atoms with van der Waals surface area (Å²) in [5.74, 6) is -1.82. The van der Waals surface area contributed by atoms with Crippen molar-refractivity contribution in [2.75, 3.05) is 10.6 Å². The third kappa shape index (κ3) is 6.12. The van der Waals surface area contributed by atoms with Crippen LogP contribution in [0.15, 0.2) is 77.7 Å². The molecule has 2 amide bonds. The van der Waals surface area contributed by atoms with Gasteiger partial charge in [0.05, 0.1) is 16.4 Å². The molecular formula is C24H21ClN2O4S. The average Bonchev–Trinajstić information content (AvgIpc) is 2.79. The fourth-order valence-corrected chi connectivity index (χ4v) is 4.09. The van der Waals surface area contributed by atoms with Crippen LogP contribution in [-0.4, -0.2) is 28.1 Å². The predicted octanol–water partition coefficient (Wildman–Crippen LogP) is 5.80. The molecule has 0 saturated heterocycles. The van der Waals surface area contributed by atoms with Crippen molar-refractivity contribution in [3.63, 3.8) is 0 Å². The monoisotopic (exact) mass is 468 g/mol. The molecule has 3 N–H and O–H groups in total. The lowest BCUT2D eigenvalue weighted by atomic mass is 10.1. The summed E-state index contributed by atoms with van der Waals surface area (Å²) in [4.78, 5) is 37.5. The second kappa shape index (κ2) is 10.8. The number of rotatable bonds is 8. The lowest BCUT2D eigenvalue weighted by Gasteiger charge is -2.15. The number of anilines is 2. The van der Waals surface area contributed by atoms with E-state index in [0.29, 0.717) is 22.8 Å². The Hall–Kier alpha value is -3.29. The SMILES string of the molecule is CCC(Sc1cccc(NC(=O)c2ccccc2C(=O)O)c1)C(=O)Nc1ccc(Cl)cc1. The van der Waals surface area contributed by atoms with Crippen molar-refractivity contribution in [2.24, 2.45) is 0 Å². The van der Waals surface area contributed by atoms with Gasteiger partial charge in [-0.25, -0.2) is 4.79 Å². The Labute approximate surface area is 195 Å². The number of amides is 2. The summed E-state index contributed by atoms with van der Waals surface area (Å²) in [6, 6.07) is 20.0. The van der Waals surface area contributed by atoms with Crippen molar-refractivity contribution in [3.05, 3.63) is 88.9 Å². The van der Waals surface area contributed by atoms with Gasteiger partial charge in [-0.1, -0.05) is 36.7 Å². The standard InChI is InChI=1S/C24H21ClN2O4S/c1-2-21(23(29)26-16-12-10-15(25)11-13-16)32-18-7-5-6-17(14-18)27-22(28)19-8-3-4-9-20(19)24(30)31/h3-14,21H,2H2,1H3,(H,26,29)(H,27,28)(H,30,31). The summed E-state index contributed by atoms with van der Waals surface area (Å²) < 4.78 is 0. The fraction of sp³-hybridized carbons (Fsp3) is 0.125. The van der Waals surface area contributed by atoms with E-state index < -0.39 is 11.9 Å². The minimum Gasteiger partial charge on any atom is -0.478 e. The molecule has 1 atom stereocenters. The molecule has 1 unspecified atom stereocenters. The number of hydrogen-bond acceptors (Lipinski definition) is 4. The van der Waals surface area contributed by atoms with Crippen molar-refractivity contribution < 1.29 is 19.5 Å². The van der Waals surface area contributed by atoms with E-state index in [4.69, 9.17) is 11.6 Å². The Morgan fingerprint density at radius 2 is 1.59 bits per heavy atom. The number of aromatic carboxylic acids is 1. The normalized spacial score (nSPS) is 11.4. The van der Waals surface area contributed by atoms with Crippen LogP contribution in [0.4, 0.5) is 11.4 Å². The van der Waals surface area contributed by atoms with Crippen LogP contribution < -0.4 is 10.6 Å². The highest BCUT2D eigenvalue weighted by molar-refractivity contribution is 8.00. The van der Waals surface area contributed by atoms with Gasteiger partial charge in [0.15, 0.2) is 0 Å². The number of halogens is 1. The molecule has 0 saturated carbocycles. The van der Waals surface area contributed by atoms with Crippen LogP contribution in [0.2, 0.25) is 5.02 Å². The first-order chi connectivity index (χ1) is 15.4. The maximum atomic E-state index is 12.7. The van der Waals surface area contributed by atoms with E-state index in [1.165, 1.54) is 23.9 Å². The van der Waals surface area contributed by atoms with Crippen molar-refractivity contribution in [3.8, 4) is 0 Å². The van der Waals surface area contributed by atoms with Crippen LogP contribution in [0, 0.1) is 0 Å². The van der Waals surface area contributed by atoms with Crippen LogP contribution >= 0.6 is 23.4 Å². The van der Waals surface area contributed by atoms with Gasteiger partial charge in [-0.3, -0.25) is 9.59 Å². The molecule has 0 fully saturated rings. The first kappa shape index (κ1) is 23.4. The molecule has 6 nitrogen and oxygen atoms in total. The molecule has 3 aromatic carbocycles. The Balaban J connectivity index is 1.69. The van der Waals surface area contributed by atoms with Gasteiger partial charge in [0.1, 0.15) is 0 Å². The van der Waals surface area contributed by atoms with E-state index in [1.807, 2.05) is 13.0 Å². The zero-order valence-corrected chi connectivity index (χ0v) is 18.7. The number of carboxylic acids is 1. The van der Waals surface area contributed by atoms with E-state index in [1.54, 1.807) is 54.6 Å². The van der Waals surface area contributed by atoms with E-state index in [-0.39, 0.29) is 22.3 Å². The molecule has 0 aliphatic carbocycles. The third-order valence-corrected chi connectivity index (χ3v) is 6.16. The molecule has 0 bridgehead atoms. The number of hydrogen-bond donors (Lipinski definition) is 3. The fourth-order valence-electron chi connectivity index (χ4n) is 2.96. The summed E-state index contributed by atoms with van der Waals surface area (Å²) in [5, 5.41) is 15.2. The molecule has 0 radical (unpaired) electrons. The minimum atomic E-state index is -1.17. The molecule has 164 valence electrons. The van der Waals surface area contributed by atoms with Gasteiger partial charge in [-0.2, -0.15) is 0 Å². The van der Waals surface area contributed by atoms with Gasteiger partial charge in [0.25, 0.3) is 5.91 Å². The molecule has 0 aliphatic rings. The van der Waals surface area contributed by atoms with Crippen molar-refractivity contribution in [1.29, 1.82) is 0 Å². The maximum Gasteiger partial charge on any atom is 0.336 e. The minimum absolute atomic E-state index is 0.0690. The first-order valence-electron chi connectivity index (χ1n) is 9.84. The number of thioether (sulfide) groups is 1. The van der Waals surface area contributed by atoms with Crippen LogP contribution in [0.3, 0.4) is 0 Å². The van der Waals surface area contributed by atoms with Gasteiger partial charge in [-0.05, 0) is 61.0 Å². The van der Waals surface area contributed by atoms with Gasteiger partial charge in [0.2, 0.25) is 5.91 Å². The second-order valence-corrected chi connectivity index (χ2v) is 8.56. The topological polar surface area (TPSA) is 95.5 Å². The Kier molecular flexibility index (Phi) is 7.92. The van der Waals surface area contributed by atoms with Crippen LogP contribution in [0.1, 0.15) is 34.1 Å². The molecule has 0 aromatic heterocycles. The van der Waals surface area contributed by atoms with Crippen molar-refractivity contribution in [2.45, 2.75) is 23.5 Å². The van der Waals surface area contributed by atoms with Crippen molar-refractivity contribution in [1.82, 2.24) is 0 Å². The Morgan fingerprint density at radius 3 is 2.25 bits per heavy atom. The highest BCUT2D eigenvalue weighted by Crippen LogP contribution is 2.29. The highest BCUT2D eigenvalue weighted by Gasteiger charge is 2.19. The lowest BCUT2D eigenvalue weighted by Crippen LogP contribution is -2.24. The molecule has 0 heterocycles. The summed E-state index contributed by atoms with van der Waals surface area (Å²) in [6.45, 7) is 1.92. The molecular weight excluding hydrogens is 448 g/mol. The maximum absolute atomic E-state index is 12.7. The average molecular weight is 469 g/mol. The summed E-state index contributed by atoms with van der Waals surface area (Å²) in [7, 11) is 0. The largest absolute Gasteiger partial charge is 0.478 e. The summed E-state index contributed by atoms with van der Waals surface area (Å²) >= 11 is 7.26. The quantitative estimate of drug-likeness (QED) is 0.363. The summed E-state index contributed by atoms with van der Waals surface area (Å²) in [5.41, 5.74) is 1.18. The zero-order valence-electron chi connectivity index (χ0n) is 17.2. The molecule has 0 spiro atoms.